The second-order valence-corrected chi connectivity index (χ2v) is 5.57. The molecule has 1 aromatic rings. The summed E-state index contributed by atoms with van der Waals surface area (Å²) in [6.45, 7) is 5.05. The molecular weight excluding hydrogens is 250 g/mol. The van der Waals surface area contributed by atoms with Crippen LogP contribution in [0.2, 0.25) is 0 Å². The van der Waals surface area contributed by atoms with Crippen molar-refractivity contribution in [3.63, 3.8) is 0 Å². The van der Waals surface area contributed by atoms with Crippen molar-refractivity contribution in [3.8, 4) is 17.6 Å². The van der Waals surface area contributed by atoms with E-state index in [-0.39, 0.29) is 6.61 Å². The second kappa shape index (κ2) is 7.33. The Morgan fingerprint density at radius 3 is 2.65 bits per heavy atom. The zero-order valence-corrected chi connectivity index (χ0v) is 12.3. The van der Waals surface area contributed by atoms with Gasteiger partial charge >= 0.3 is 0 Å². The first-order chi connectivity index (χ1) is 9.69. The van der Waals surface area contributed by atoms with Crippen LogP contribution < -0.4 is 4.74 Å². The number of nitrogens with zero attached hydrogens (tertiary/aromatic N) is 1. The van der Waals surface area contributed by atoms with Crippen molar-refractivity contribution < 1.29 is 9.84 Å². The minimum Gasteiger partial charge on any atom is -0.492 e. The summed E-state index contributed by atoms with van der Waals surface area (Å²) in [4.78, 5) is 2.34. The quantitative estimate of drug-likeness (QED) is 0.805. The van der Waals surface area contributed by atoms with Gasteiger partial charge < -0.3 is 14.7 Å². The van der Waals surface area contributed by atoms with E-state index >= 15 is 0 Å². The Morgan fingerprint density at radius 2 is 2.05 bits per heavy atom. The van der Waals surface area contributed by atoms with E-state index in [1.165, 1.54) is 13.0 Å². The van der Waals surface area contributed by atoms with Crippen LogP contribution in [0, 0.1) is 23.7 Å². The van der Waals surface area contributed by atoms with E-state index < -0.39 is 0 Å². The Balaban J connectivity index is 1.68. The van der Waals surface area contributed by atoms with Crippen molar-refractivity contribution in [1.29, 1.82) is 0 Å². The van der Waals surface area contributed by atoms with Crippen molar-refractivity contribution in [2.75, 3.05) is 33.4 Å². The van der Waals surface area contributed by atoms with Crippen molar-refractivity contribution in [1.82, 2.24) is 4.90 Å². The normalized spacial score (nSPS) is 20.4. The molecule has 2 unspecified atom stereocenters. The zero-order chi connectivity index (χ0) is 14.4. The first-order valence-electron chi connectivity index (χ1n) is 7.20. The molecule has 3 heteroatoms. The first kappa shape index (κ1) is 14.9. The van der Waals surface area contributed by atoms with Gasteiger partial charge in [-0.25, -0.2) is 0 Å². The Bertz CT molecular complexity index is 472. The maximum Gasteiger partial charge on any atom is 0.119 e. The second-order valence-electron chi connectivity index (χ2n) is 5.57. The lowest BCUT2D eigenvalue weighted by Gasteiger charge is -2.16. The van der Waals surface area contributed by atoms with Gasteiger partial charge in [-0.15, -0.1) is 0 Å². The van der Waals surface area contributed by atoms with E-state index in [9.17, 15) is 0 Å². The van der Waals surface area contributed by atoms with Gasteiger partial charge in [-0.2, -0.15) is 0 Å². The van der Waals surface area contributed by atoms with Crippen LogP contribution >= 0.6 is 0 Å². The van der Waals surface area contributed by atoms with Crippen LogP contribution in [0.1, 0.15) is 18.9 Å². The Hall–Kier alpha value is -1.50. The third-order valence-electron chi connectivity index (χ3n) is 3.73. The summed E-state index contributed by atoms with van der Waals surface area (Å²) in [5.74, 6) is 8.16. The molecule has 0 heterocycles. The van der Waals surface area contributed by atoms with Crippen LogP contribution in [0.4, 0.5) is 0 Å². The maximum atomic E-state index is 8.63. The van der Waals surface area contributed by atoms with Crippen LogP contribution in [0.15, 0.2) is 24.3 Å². The number of hydrogen-bond acceptors (Lipinski definition) is 3. The number of ether oxygens (including phenoxy) is 1. The van der Waals surface area contributed by atoms with E-state index in [1.54, 1.807) is 0 Å². The van der Waals surface area contributed by atoms with Crippen LogP contribution in [-0.2, 0) is 0 Å². The minimum absolute atomic E-state index is 0.107. The van der Waals surface area contributed by atoms with Crippen LogP contribution in [0.25, 0.3) is 0 Å². The molecule has 0 spiro atoms. The molecule has 1 aliphatic carbocycles. The third-order valence-corrected chi connectivity index (χ3v) is 3.73. The fourth-order valence-corrected chi connectivity index (χ4v) is 2.24. The highest BCUT2D eigenvalue weighted by Gasteiger charge is 2.32. The molecule has 0 aliphatic heterocycles. The number of hydrogen-bond donors (Lipinski definition) is 1. The van der Waals surface area contributed by atoms with Gasteiger partial charge in [0, 0.05) is 18.7 Å². The van der Waals surface area contributed by atoms with Gasteiger partial charge in [0.25, 0.3) is 0 Å². The van der Waals surface area contributed by atoms with Gasteiger partial charge in [0.2, 0.25) is 0 Å². The number of benzene rings is 1. The summed E-state index contributed by atoms with van der Waals surface area (Å²) in [5, 5.41) is 8.63. The molecule has 0 aromatic heterocycles. The molecule has 0 bridgehead atoms. The highest BCUT2D eigenvalue weighted by atomic mass is 16.5. The molecule has 108 valence electrons. The fraction of sp³-hybridized carbons (Fsp3) is 0.529. The molecular formula is C17H23NO2. The SMILES string of the molecule is CC1CC1CN(C)CCOc1ccc(C#CCO)cc1. The van der Waals surface area contributed by atoms with Crippen LogP contribution in [0.5, 0.6) is 5.75 Å². The van der Waals surface area contributed by atoms with Crippen molar-refractivity contribution >= 4 is 0 Å². The summed E-state index contributed by atoms with van der Waals surface area (Å²) < 4.78 is 5.73. The van der Waals surface area contributed by atoms with Crippen LogP contribution in [-0.4, -0.2) is 43.4 Å². The Labute approximate surface area is 121 Å². The Morgan fingerprint density at radius 1 is 1.35 bits per heavy atom. The molecule has 2 atom stereocenters. The molecule has 2 rings (SSSR count). The van der Waals surface area contributed by atoms with Gasteiger partial charge in [-0.05, 0) is 49.6 Å². The first-order valence-corrected chi connectivity index (χ1v) is 7.20. The lowest BCUT2D eigenvalue weighted by molar-refractivity contribution is 0.230. The van der Waals surface area contributed by atoms with Crippen molar-refractivity contribution in [2.24, 2.45) is 11.8 Å². The number of aliphatic hydroxyl groups excluding tert-OH is 1. The van der Waals surface area contributed by atoms with Crippen molar-refractivity contribution in [3.05, 3.63) is 29.8 Å². The molecule has 1 saturated carbocycles. The van der Waals surface area contributed by atoms with E-state index in [1.807, 2.05) is 24.3 Å². The third kappa shape index (κ3) is 4.88. The maximum absolute atomic E-state index is 8.63. The number of likely N-dealkylation sites (N-methyl/N-ethyl adjacent to an activating group) is 1. The molecule has 1 N–H and O–H groups in total. The van der Waals surface area contributed by atoms with Gasteiger partial charge in [-0.3, -0.25) is 0 Å². The largest absolute Gasteiger partial charge is 0.492 e. The molecule has 1 aromatic carbocycles. The van der Waals surface area contributed by atoms with Crippen molar-refractivity contribution in [2.45, 2.75) is 13.3 Å². The molecule has 0 radical (unpaired) electrons. The zero-order valence-electron chi connectivity index (χ0n) is 12.3. The highest BCUT2D eigenvalue weighted by Crippen LogP contribution is 2.37. The van der Waals surface area contributed by atoms with Gasteiger partial charge in [0.15, 0.2) is 0 Å². The summed E-state index contributed by atoms with van der Waals surface area (Å²) in [7, 11) is 2.15. The average molecular weight is 273 g/mol. The minimum atomic E-state index is -0.107. The molecule has 3 nitrogen and oxygen atoms in total. The van der Waals surface area contributed by atoms with E-state index in [4.69, 9.17) is 9.84 Å². The summed E-state index contributed by atoms with van der Waals surface area (Å²) in [5.41, 5.74) is 0.895. The summed E-state index contributed by atoms with van der Waals surface area (Å²) in [6, 6.07) is 7.66. The van der Waals surface area contributed by atoms with E-state index in [0.717, 1.165) is 29.7 Å². The lowest BCUT2D eigenvalue weighted by Crippen LogP contribution is -2.26. The van der Waals surface area contributed by atoms with Crippen LogP contribution in [0.3, 0.4) is 0 Å². The smallest absolute Gasteiger partial charge is 0.119 e. The average Bonchev–Trinajstić information content (AvgIpc) is 3.13. The molecule has 1 aliphatic rings. The summed E-state index contributed by atoms with van der Waals surface area (Å²) >= 11 is 0. The topological polar surface area (TPSA) is 32.7 Å². The lowest BCUT2D eigenvalue weighted by atomic mass is 10.2. The standard InChI is InChI=1S/C17H23NO2/c1-14-12-16(14)13-18(2)9-11-20-17-7-5-15(6-8-17)4-3-10-19/h5-8,14,16,19H,9-13H2,1-2H3. The number of aliphatic hydroxyl groups is 1. The predicted molar refractivity (Wildman–Crippen MR) is 80.7 cm³/mol. The van der Waals surface area contributed by atoms with Gasteiger partial charge in [-0.1, -0.05) is 18.8 Å². The highest BCUT2D eigenvalue weighted by molar-refractivity contribution is 5.38. The molecule has 1 fully saturated rings. The molecule has 0 amide bonds. The monoisotopic (exact) mass is 273 g/mol. The predicted octanol–water partition coefficient (Wildman–Crippen LogP) is 2.00. The molecule has 0 saturated heterocycles. The van der Waals surface area contributed by atoms with E-state index in [0.29, 0.717) is 6.61 Å². The number of rotatable bonds is 6. The fourth-order valence-electron chi connectivity index (χ4n) is 2.24. The summed E-state index contributed by atoms with van der Waals surface area (Å²) in [6.07, 6.45) is 1.38. The Kier molecular flexibility index (Phi) is 5.46. The molecule has 20 heavy (non-hydrogen) atoms. The van der Waals surface area contributed by atoms with Gasteiger partial charge in [0.05, 0.1) is 0 Å². The van der Waals surface area contributed by atoms with Gasteiger partial charge in [0.1, 0.15) is 19.0 Å². The van der Waals surface area contributed by atoms with E-state index in [2.05, 4.69) is 30.7 Å².